The van der Waals surface area contributed by atoms with Gasteiger partial charge in [0.05, 0.1) is 43.2 Å². The van der Waals surface area contributed by atoms with Crippen molar-refractivity contribution in [1.29, 1.82) is 0 Å². The number of nitrogens with one attached hydrogen (secondary N) is 1. The van der Waals surface area contributed by atoms with Crippen LogP contribution in [-0.2, 0) is 0 Å². The van der Waals surface area contributed by atoms with Gasteiger partial charge in [0.25, 0.3) is 0 Å². The summed E-state index contributed by atoms with van der Waals surface area (Å²) in [5.41, 5.74) is 3.76. The summed E-state index contributed by atoms with van der Waals surface area (Å²) in [6, 6.07) is 10.9. The maximum Gasteiger partial charge on any atom is 0.213 e. The highest BCUT2D eigenvalue weighted by molar-refractivity contribution is 6.00. The van der Waals surface area contributed by atoms with E-state index in [0.717, 1.165) is 70.7 Å². The molecule has 7 heterocycles. The Morgan fingerprint density at radius 1 is 1.00 bits per heavy atom. The standard InChI is InChI=1S/C28H29N7O3/c1-3-37-22-12-23(27-24-15-31-32-28(24)33-34(27)16-22)17-4-8-25(29-13-17)35-18-5-6-19(35)11-21(10-18)38-20-7-9-26(36-2)30-14-20/h4,7-9,12-16,18-19,21H,3,5-6,10-11H2,1-2H3,(H,32,33). The molecule has 1 N–H and O–H groups in total. The lowest BCUT2D eigenvalue weighted by atomic mass is 9.99. The van der Waals surface area contributed by atoms with Gasteiger partial charge in [-0.05, 0) is 44.0 Å². The normalized spacial score (nSPS) is 20.8. The van der Waals surface area contributed by atoms with Gasteiger partial charge in [-0.2, -0.15) is 5.10 Å². The summed E-state index contributed by atoms with van der Waals surface area (Å²) in [6.45, 7) is 2.56. The Labute approximate surface area is 219 Å². The van der Waals surface area contributed by atoms with Gasteiger partial charge in [0.1, 0.15) is 23.4 Å². The number of piperidine rings is 1. The Balaban J connectivity index is 1.14. The summed E-state index contributed by atoms with van der Waals surface area (Å²) in [5, 5.41) is 12.7. The van der Waals surface area contributed by atoms with Crippen molar-refractivity contribution in [3.8, 4) is 28.5 Å². The van der Waals surface area contributed by atoms with E-state index in [4.69, 9.17) is 19.2 Å². The number of nitrogens with zero attached hydrogens (tertiary/aromatic N) is 6. The predicted molar refractivity (Wildman–Crippen MR) is 143 cm³/mol. The molecule has 2 atom stereocenters. The van der Waals surface area contributed by atoms with Gasteiger partial charge < -0.3 is 19.1 Å². The zero-order valence-electron chi connectivity index (χ0n) is 21.4. The van der Waals surface area contributed by atoms with Crippen molar-refractivity contribution in [3.63, 3.8) is 0 Å². The summed E-state index contributed by atoms with van der Waals surface area (Å²) in [7, 11) is 1.62. The van der Waals surface area contributed by atoms with Gasteiger partial charge in [0.2, 0.25) is 5.88 Å². The van der Waals surface area contributed by atoms with Crippen molar-refractivity contribution >= 4 is 22.4 Å². The van der Waals surface area contributed by atoms with Crippen molar-refractivity contribution in [2.24, 2.45) is 0 Å². The molecule has 5 aromatic rings. The second-order valence-corrected chi connectivity index (χ2v) is 9.89. The number of fused-ring (bicyclic) bond motifs is 5. The molecule has 2 fully saturated rings. The number of aromatic nitrogens is 6. The fourth-order valence-corrected chi connectivity index (χ4v) is 6.05. The maximum atomic E-state index is 6.30. The Morgan fingerprint density at radius 3 is 2.58 bits per heavy atom. The van der Waals surface area contributed by atoms with Crippen LogP contribution in [0, 0.1) is 0 Å². The molecule has 0 amide bonds. The van der Waals surface area contributed by atoms with Gasteiger partial charge in [-0.15, -0.1) is 5.10 Å². The molecule has 2 bridgehead atoms. The smallest absolute Gasteiger partial charge is 0.213 e. The summed E-state index contributed by atoms with van der Waals surface area (Å²) >= 11 is 0. The van der Waals surface area contributed by atoms with E-state index in [2.05, 4.69) is 43.4 Å². The molecule has 2 saturated heterocycles. The maximum absolute atomic E-state index is 6.30. The lowest BCUT2D eigenvalue weighted by Crippen LogP contribution is -2.46. The molecule has 2 aliphatic rings. The third kappa shape index (κ3) is 3.87. The van der Waals surface area contributed by atoms with Crippen LogP contribution in [0.3, 0.4) is 0 Å². The average Bonchev–Trinajstić information content (AvgIpc) is 3.60. The highest BCUT2D eigenvalue weighted by Crippen LogP contribution is 2.41. The van der Waals surface area contributed by atoms with E-state index in [1.54, 1.807) is 13.3 Å². The monoisotopic (exact) mass is 511 g/mol. The molecule has 10 nitrogen and oxygen atoms in total. The third-order valence-corrected chi connectivity index (χ3v) is 7.65. The van der Waals surface area contributed by atoms with Gasteiger partial charge in [0, 0.05) is 48.3 Å². The molecule has 0 spiro atoms. The molecule has 0 saturated carbocycles. The lowest BCUT2D eigenvalue weighted by Gasteiger charge is -2.39. The van der Waals surface area contributed by atoms with E-state index in [1.165, 1.54) is 0 Å². The number of aromatic amines is 1. The zero-order chi connectivity index (χ0) is 25.6. The van der Waals surface area contributed by atoms with Crippen LogP contribution in [0.25, 0.3) is 27.7 Å². The molecular weight excluding hydrogens is 482 g/mol. The zero-order valence-corrected chi connectivity index (χ0v) is 21.4. The van der Waals surface area contributed by atoms with Gasteiger partial charge in [-0.25, -0.2) is 14.5 Å². The highest BCUT2D eigenvalue weighted by atomic mass is 16.5. The second kappa shape index (κ2) is 9.20. The predicted octanol–water partition coefficient (Wildman–Crippen LogP) is 4.65. The molecule has 2 unspecified atom stereocenters. The van der Waals surface area contributed by atoms with Crippen LogP contribution in [0.4, 0.5) is 5.82 Å². The van der Waals surface area contributed by atoms with E-state index in [0.29, 0.717) is 24.6 Å². The number of ether oxygens (including phenoxy) is 3. The Kier molecular flexibility index (Phi) is 5.52. The van der Waals surface area contributed by atoms with Crippen LogP contribution >= 0.6 is 0 Å². The average molecular weight is 512 g/mol. The highest BCUT2D eigenvalue weighted by Gasteiger charge is 2.42. The molecule has 7 rings (SSSR count). The lowest BCUT2D eigenvalue weighted by molar-refractivity contribution is 0.149. The number of anilines is 1. The van der Waals surface area contributed by atoms with Gasteiger partial charge in [-0.3, -0.25) is 5.10 Å². The summed E-state index contributed by atoms with van der Waals surface area (Å²) in [5.74, 6) is 3.17. The van der Waals surface area contributed by atoms with Gasteiger partial charge >= 0.3 is 0 Å². The van der Waals surface area contributed by atoms with Crippen LogP contribution in [0.5, 0.6) is 17.4 Å². The minimum atomic E-state index is 0.173. The number of rotatable bonds is 7. The summed E-state index contributed by atoms with van der Waals surface area (Å²) in [6.07, 6.45) is 11.8. The van der Waals surface area contributed by atoms with E-state index in [-0.39, 0.29) is 6.10 Å². The molecule has 38 heavy (non-hydrogen) atoms. The molecule has 0 radical (unpaired) electrons. The molecule has 0 aromatic carbocycles. The fourth-order valence-electron chi connectivity index (χ4n) is 6.05. The Bertz CT molecular complexity index is 1560. The number of methoxy groups -OCH3 is 1. The minimum Gasteiger partial charge on any atom is -0.492 e. The number of hydrogen-bond donors (Lipinski definition) is 1. The van der Waals surface area contributed by atoms with Crippen LogP contribution in [-0.4, -0.2) is 61.7 Å². The summed E-state index contributed by atoms with van der Waals surface area (Å²) < 4.78 is 19.1. The quantitative estimate of drug-likeness (QED) is 0.337. The first-order chi connectivity index (χ1) is 18.7. The van der Waals surface area contributed by atoms with Crippen molar-refractivity contribution in [3.05, 3.63) is 55.1 Å². The van der Waals surface area contributed by atoms with E-state index in [1.807, 2.05) is 42.2 Å². The van der Waals surface area contributed by atoms with E-state index >= 15 is 0 Å². The van der Waals surface area contributed by atoms with E-state index in [9.17, 15) is 0 Å². The molecule has 2 aliphatic heterocycles. The number of hydrogen-bond acceptors (Lipinski definition) is 8. The largest absolute Gasteiger partial charge is 0.492 e. The first kappa shape index (κ1) is 22.8. The van der Waals surface area contributed by atoms with E-state index < -0.39 is 0 Å². The molecule has 0 aliphatic carbocycles. The summed E-state index contributed by atoms with van der Waals surface area (Å²) in [4.78, 5) is 11.7. The molecule has 194 valence electrons. The van der Waals surface area contributed by atoms with Crippen molar-refractivity contribution in [2.75, 3.05) is 18.6 Å². The van der Waals surface area contributed by atoms with Crippen LogP contribution < -0.4 is 19.1 Å². The minimum absolute atomic E-state index is 0.173. The number of pyridine rings is 3. The second-order valence-electron chi connectivity index (χ2n) is 9.89. The van der Waals surface area contributed by atoms with Crippen LogP contribution in [0.2, 0.25) is 0 Å². The third-order valence-electron chi connectivity index (χ3n) is 7.65. The van der Waals surface area contributed by atoms with Crippen molar-refractivity contribution in [1.82, 2.24) is 29.8 Å². The SMILES string of the molecule is CCOc1cc(-c2ccc(N3C4CCC3CC(Oc3ccc(OC)nc3)C4)nc2)c2c3cn[nH]c3nn2c1. The first-order valence-electron chi connectivity index (χ1n) is 13.1. The Hall–Kier alpha value is -4.34. The fraction of sp³-hybridized carbons (Fsp3) is 0.357. The molecule has 10 heteroatoms. The van der Waals surface area contributed by atoms with Crippen molar-refractivity contribution < 1.29 is 14.2 Å². The molecule has 5 aromatic heterocycles. The van der Waals surface area contributed by atoms with Crippen LogP contribution in [0.15, 0.2) is 55.1 Å². The molecular formula is C28H29N7O3. The topological polar surface area (TPSA) is 103 Å². The van der Waals surface area contributed by atoms with Crippen LogP contribution in [0.1, 0.15) is 32.6 Å². The Morgan fingerprint density at radius 2 is 1.87 bits per heavy atom. The van der Waals surface area contributed by atoms with Gasteiger partial charge in [-0.1, -0.05) is 0 Å². The first-order valence-corrected chi connectivity index (χ1v) is 13.1. The van der Waals surface area contributed by atoms with Gasteiger partial charge in [0.15, 0.2) is 5.65 Å². The van der Waals surface area contributed by atoms with Crippen molar-refractivity contribution in [2.45, 2.75) is 50.8 Å². The number of H-pyrrole nitrogens is 1.